The Morgan fingerprint density at radius 2 is 1.76 bits per heavy atom. The fraction of sp³-hybridized carbons (Fsp3) is 0.481. The van der Waals surface area contributed by atoms with E-state index in [1.165, 1.54) is 21.1 Å². The monoisotopic (exact) mass is 512 g/mol. The van der Waals surface area contributed by atoms with Crippen LogP contribution in [0.25, 0.3) is 0 Å². The van der Waals surface area contributed by atoms with Crippen molar-refractivity contribution < 1.29 is 33.4 Å². The van der Waals surface area contributed by atoms with E-state index in [1.807, 2.05) is 13.8 Å². The molecule has 3 rings (SSSR count). The smallest absolute Gasteiger partial charge is 0.303 e. The number of carbonyl (C=O) groups is 1. The van der Waals surface area contributed by atoms with Crippen molar-refractivity contribution >= 4 is 5.97 Å². The number of esters is 1. The van der Waals surface area contributed by atoms with Crippen LogP contribution < -0.4 is 18.9 Å². The van der Waals surface area contributed by atoms with Gasteiger partial charge in [-0.3, -0.25) is 14.9 Å². The molecule has 2 aromatic rings. The minimum absolute atomic E-state index is 0.0744. The zero-order chi connectivity index (χ0) is 27.2. The molecule has 0 aromatic heterocycles. The third-order valence-corrected chi connectivity index (χ3v) is 6.72. The van der Waals surface area contributed by atoms with Crippen molar-refractivity contribution in [3.8, 4) is 29.1 Å². The fourth-order valence-electron chi connectivity index (χ4n) is 4.66. The van der Waals surface area contributed by atoms with Crippen LogP contribution in [0.3, 0.4) is 0 Å². The minimum Gasteiger partial charge on any atom is -0.493 e. The molecule has 10 nitrogen and oxygen atoms in total. The number of ether oxygens (including phenoxy) is 5. The lowest BCUT2D eigenvalue weighted by Crippen LogP contribution is -2.42. The van der Waals surface area contributed by atoms with E-state index in [9.17, 15) is 20.2 Å². The molecule has 0 N–H and O–H groups in total. The normalized spacial score (nSPS) is 15.8. The van der Waals surface area contributed by atoms with Gasteiger partial charge in [-0.2, -0.15) is 5.26 Å². The standard InChI is InChI=1S/C27H32N2O8/c1-17(2)27(16-28,19-10-11-22(33-4)25(14-19)34-5)13-12-21(35-18(3)30)20(29(31)32)15-26-36-23-8-6-7-9-24(23)37-26/h6-11,14,17,20-21,26H,12-13,15H2,1-5H3. The summed E-state index contributed by atoms with van der Waals surface area (Å²) in [4.78, 5) is 23.6. The Bertz CT molecular complexity index is 1140. The molecule has 0 radical (unpaired) electrons. The fourth-order valence-corrected chi connectivity index (χ4v) is 4.66. The van der Waals surface area contributed by atoms with Gasteiger partial charge in [-0.25, -0.2) is 0 Å². The minimum atomic E-state index is -1.31. The van der Waals surface area contributed by atoms with Crippen LogP contribution >= 0.6 is 0 Å². The Morgan fingerprint density at radius 3 is 2.24 bits per heavy atom. The molecule has 0 spiro atoms. The predicted molar refractivity (Wildman–Crippen MR) is 133 cm³/mol. The van der Waals surface area contributed by atoms with Crippen LogP contribution in [0.5, 0.6) is 23.0 Å². The molecule has 3 atom stereocenters. The van der Waals surface area contributed by atoms with Gasteiger partial charge < -0.3 is 23.7 Å². The molecule has 2 aromatic carbocycles. The summed E-state index contributed by atoms with van der Waals surface area (Å²) in [5, 5.41) is 22.5. The first-order valence-electron chi connectivity index (χ1n) is 12.0. The van der Waals surface area contributed by atoms with Gasteiger partial charge in [0.05, 0.1) is 32.1 Å². The number of carbonyl (C=O) groups excluding carboxylic acids is 1. The van der Waals surface area contributed by atoms with E-state index in [-0.39, 0.29) is 25.2 Å². The Hall–Kier alpha value is -4.00. The molecule has 1 heterocycles. The van der Waals surface area contributed by atoms with Crippen molar-refractivity contribution in [1.82, 2.24) is 0 Å². The number of fused-ring (bicyclic) bond motifs is 1. The van der Waals surface area contributed by atoms with Crippen LogP contribution in [0.1, 0.15) is 45.6 Å². The average molecular weight is 513 g/mol. The van der Waals surface area contributed by atoms with Gasteiger partial charge in [0.25, 0.3) is 6.04 Å². The predicted octanol–water partition coefficient (Wildman–Crippen LogP) is 4.67. The van der Waals surface area contributed by atoms with Crippen molar-refractivity contribution in [3.63, 3.8) is 0 Å². The van der Waals surface area contributed by atoms with Gasteiger partial charge in [0.1, 0.15) is 0 Å². The van der Waals surface area contributed by atoms with Gasteiger partial charge >= 0.3 is 5.97 Å². The first kappa shape index (κ1) is 27.6. The molecule has 0 bridgehead atoms. The molecular weight excluding hydrogens is 480 g/mol. The van der Waals surface area contributed by atoms with Crippen molar-refractivity contribution in [2.24, 2.45) is 5.92 Å². The number of hydrogen-bond donors (Lipinski definition) is 0. The Labute approximate surface area is 216 Å². The van der Waals surface area contributed by atoms with Gasteiger partial charge in [-0.15, -0.1) is 0 Å². The number of hydrogen-bond acceptors (Lipinski definition) is 9. The molecule has 1 aliphatic heterocycles. The van der Waals surface area contributed by atoms with Crippen molar-refractivity contribution in [2.45, 2.75) is 63.9 Å². The Kier molecular flexibility index (Phi) is 8.81. The van der Waals surface area contributed by atoms with Gasteiger partial charge in [-0.1, -0.05) is 32.0 Å². The van der Waals surface area contributed by atoms with E-state index in [0.717, 1.165) is 0 Å². The number of nitriles is 1. The highest BCUT2D eigenvalue weighted by molar-refractivity contribution is 5.66. The van der Waals surface area contributed by atoms with Crippen LogP contribution in [0.15, 0.2) is 42.5 Å². The molecule has 1 aliphatic rings. The maximum Gasteiger partial charge on any atom is 0.303 e. The van der Waals surface area contributed by atoms with E-state index in [4.69, 9.17) is 23.7 Å². The van der Waals surface area contributed by atoms with Crippen LogP contribution in [-0.4, -0.2) is 43.5 Å². The molecule has 0 fully saturated rings. The summed E-state index contributed by atoms with van der Waals surface area (Å²) in [5.74, 6) is 1.16. The largest absolute Gasteiger partial charge is 0.493 e. The summed E-state index contributed by atoms with van der Waals surface area (Å²) in [7, 11) is 3.03. The first-order valence-corrected chi connectivity index (χ1v) is 12.0. The summed E-state index contributed by atoms with van der Waals surface area (Å²) in [5.41, 5.74) is -0.352. The second kappa shape index (κ2) is 11.8. The van der Waals surface area contributed by atoms with E-state index in [2.05, 4.69) is 6.07 Å². The Morgan fingerprint density at radius 1 is 1.14 bits per heavy atom. The molecule has 0 saturated heterocycles. The number of methoxy groups -OCH3 is 2. The molecule has 198 valence electrons. The van der Waals surface area contributed by atoms with Crippen LogP contribution in [0.4, 0.5) is 0 Å². The number of para-hydroxylation sites is 2. The van der Waals surface area contributed by atoms with Crippen LogP contribution in [0.2, 0.25) is 0 Å². The van der Waals surface area contributed by atoms with Crippen molar-refractivity contribution in [3.05, 3.63) is 58.1 Å². The summed E-state index contributed by atoms with van der Waals surface area (Å²) < 4.78 is 27.6. The summed E-state index contributed by atoms with van der Waals surface area (Å²) >= 11 is 0. The van der Waals surface area contributed by atoms with Gasteiger partial charge in [0.15, 0.2) is 29.1 Å². The molecule has 37 heavy (non-hydrogen) atoms. The zero-order valence-corrected chi connectivity index (χ0v) is 21.6. The summed E-state index contributed by atoms with van der Waals surface area (Å²) in [6.45, 7) is 5.02. The molecular formula is C27H32N2O8. The lowest BCUT2D eigenvalue weighted by atomic mass is 9.69. The lowest BCUT2D eigenvalue weighted by molar-refractivity contribution is -0.537. The highest BCUT2D eigenvalue weighted by Crippen LogP contribution is 2.42. The lowest BCUT2D eigenvalue weighted by Gasteiger charge is -2.33. The van der Waals surface area contributed by atoms with Gasteiger partial charge in [0, 0.05) is 11.8 Å². The number of benzene rings is 2. The third kappa shape index (κ3) is 6.05. The molecule has 0 saturated carbocycles. The second-order valence-corrected chi connectivity index (χ2v) is 9.19. The van der Waals surface area contributed by atoms with E-state index in [1.54, 1.807) is 42.5 Å². The Balaban J connectivity index is 1.87. The summed E-state index contributed by atoms with van der Waals surface area (Å²) in [6.07, 6.45) is -1.87. The second-order valence-electron chi connectivity index (χ2n) is 9.19. The van der Waals surface area contributed by atoms with E-state index >= 15 is 0 Å². The maximum absolute atomic E-state index is 12.1. The molecule has 3 unspecified atom stereocenters. The maximum atomic E-state index is 12.1. The summed E-state index contributed by atoms with van der Waals surface area (Å²) in [6, 6.07) is 13.3. The zero-order valence-electron chi connectivity index (χ0n) is 21.6. The van der Waals surface area contributed by atoms with Crippen LogP contribution in [-0.2, 0) is 14.9 Å². The van der Waals surface area contributed by atoms with Crippen molar-refractivity contribution in [1.29, 1.82) is 5.26 Å². The first-order chi connectivity index (χ1) is 17.6. The molecule has 10 heteroatoms. The topological polar surface area (TPSA) is 130 Å². The number of rotatable bonds is 12. The van der Waals surface area contributed by atoms with Gasteiger partial charge in [0.2, 0.25) is 6.29 Å². The SMILES string of the molecule is COc1ccc(C(C#N)(CCC(OC(C)=O)C(CC2Oc3ccccc3O2)[N+](=O)[O-])C(C)C)cc1OC. The van der Waals surface area contributed by atoms with Crippen molar-refractivity contribution in [2.75, 3.05) is 14.2 Å². The quantitative estimate of drug-likeness (QED) is 0.226. The van der Waals surface area contributed by atoms with Crippen LogP contribution in [0, 0.1) is 27.4 Å². The number of nitrogens with zero attached hydrogens (tertiary/aromatic N) is 2. The van der Waals surface area contributed by atoms with E-state index in [0.29, 0.717) is 28.6 Å². The highest BCUT2D eigenvalue weighted by Gasteiger charge is 2.43. The molecule has 0 amide bonds. The van der Waals surface area contributed by atoms with Gasteiger partial charge in [-0.05, 0) is 48.6 Å². The van der Waals surface area contributed by atoms with E-state index < -0.39 is 34.7 Å². The third-order valence-electron chi connectivity index (χ3n) is 6.72. The highest BCUT2D eigenvalue weighted by atomic mass is 16.7. The number of nitro groups is 1. The molecule has 0 aliphatic carbocycles. The average Bonchev–Trinajstić information content (AvgIpc) is 3.29.